The van der Waals surface area contributed by atoms with E-state index in [1.807, 2.05) is 32.0 Å². The van der Waals surface area contributed by atoms with Crippen LogP contribution in [0.4, 0.5) is 5.82 Å². The number of amides is 2. The van der Waals surface area contributed by atoms with Crippen molar-refractivity contribution in [2.45, 2.75) is 52.6 Å². The van der Waals surface area contributed by atoms with E-state index in [9.17, 15) is 19.2 Å². The average Bonchev–Trinajstić information content (AvgIpc) is 3.60. The Morgan fingerprint density at radius 3 is 2.53 bits per heavy atom. The van der Waals surface area contributed by atoms with Crippen LogP contribution in [-0.2, 0) is 36.8 Å². The Morgan fingerprint density at radius 2 is 1.78 bits per heavy atom. The van der Waals surface area contributed by atoms with Crippen LogP contribution in [0.2, 0.25) is 0 Å². The number of hydrogen-bond acceptors (Lipinski definition) is 11. The predicted octanol–water partition coefficient (Wildman–Crippen LogP) is 3.45. The molecule has 1 saturated heterocycles. The van der Waals surface area contributed by atoms with Crippen LogP contribution >= 0.6 is 15.9 Å². The van der Waals surface area contributed by atoms with Gasteiger partial charge in [0.15, 0.2) is 11.6 Å². The molecule has 14 nitrogen and oxygen atoms in total. The second kappa shape index (κ2) is 15.8. The number of ether oxygens (including phenoxy) is 2. The standard InChI is InChI=1S/C36H41BrN8O6/c1-20-4-6-29(37)41-35(20)42-36(49)34-27-14-24(27)17-44(34)31(48)18-45-33-21(2)12-23(13-28(33)32(43-45)22(3)46)25-15-39-30(40-16-25)7-5-26(47)19-51-11-10-50-9-8-38/h4,6,12-13,15-16,24,27,34H,5,7-11,14,17-19,38H2,1-3H3,(H,41,42,49)/t24-,27-,34+/m1/s1. The molecule has 2 aliphatic rings. The van der Waals surface area contributed by atoms with Crippen LogP contribution < -0.4 is 11.1 Å². The number of rotatable bonds is 16. The summed E-state index contributed by atoms with van der Waals surface area (Å²) in [6.07, 6.45) is 4.91. The van der Waals surface area contributed by atoms with Gasteiger partial charge in [0.2, 0.25) is 11.8 Å². The largest absolute Gasteiger partial charge is 0.378 e. The van der Waals surface area contributed by atoms with Crippen molar-refractivity contribution in [2.75, 3.05) is 44.8 Å². The Balaban J connectivity index is 1.14. The van der Waals surface area contributed by atoms with Crippen LogP contribution in [-0.4, -0.2) is 98.6 Å². The summed E-state index contributed by atoms with van der Waals surface area (Å²) >= 11 is 3.36. The number of hydrogen-bond donors (Lipinski definition) is 2. The zero-order valence-electron chi connectivity index (χ0n) is 28.9. The molecule has 4 heterocycles. The van der Waals surface area contributed by atoms with E-state index in [1.165, 1.54) is 6.92 Å². The van der Waals surface area contributed by atoms with Crippen LogP contribution in [0.15, 0.2) is 41.3 Å². The maximum absolute atomic E-state index is 13.8. The predicted molar refractivity (Wildman–Crippen MR) is 192 cm³/mol. The van der Waals surface area contributed by atoms with Gasteiger partial charge in [0.05, 0.1) is 25.3 Å². The highest BCUT2D eigenvalue weighted by atomic mass is 79.9. The summed E-state index contributed by atoms with van der Waals surface area (Å²) in [6, 6.07) is 6.87. The number of piperidine rings is 1. The first-order chi connectivity index (χ1) is 24.5. The molecule has 3 N–H and O–H groups in total. The average molecular weight is 762 g/mol. The fourth-order valence-corrected chi connectivity index (χ4v) is 6.92. The van der Waals surface area contributed by atoms with Gasteiger partial charge in [0.25, 0.3) is 0 Å². The number of anilines is 1. The molecule has 1 aromatic carbocycles. The van der Waals surface area contributed by atoms with Crippen LogP contribution in [0.1, 0.15) is 47.2 Å². The molecule has 51 heavy (non-hydrogen) atoms. The van der Waals surface area contributed by atoms with E-state index in [0.29, 0.717) is 66.5 Å². The lowest BCUT2D eigenvalue weighted by Crippen LogP contribution is -2.47. The number of nitrogens with one attached hydrogen (secondary N) is 1. The number of halogens is 1. The molecule has 4 aromatic rings. The lowest BCUT2D eigenvalue weighted by atomic mass is 10.0. The van der Waals surface area contributed by atoms with E-state index in [0.717, 1.165) is 28.7 Å². The van der Waals surface area contributed by atoms with Crippen molar-refractivity contribution in [3.05, 3.63) is 63.9 Å². The Kier molecular flexibility index (Phi) is 11.3. The van der Waals surface area contributed by atoms with Gasteiger partial charge in [-0.2, -0.15) is 5.10 Å². The molecule has 6 rings (SSSR count). The van der Waals surface area contributed by atoms with Crippen molar-refractivity contribution >= 4 is 56.0 Å². The van der Waals surface area contributed by atoms with E-state index in [1.54, 1.807) is 28.0 Å². The van der Waals surface area contributed by atoms with E-state index < -0.39 is 6.04 Å². The summed E-state index contributed by atoms with van der Waals surface area (Å²) in [7, 11) is 0. The lowest BCUT2D eigenvalue weighted by molar-refractivity contribution is -0.138. The van der Waals surface area contributed by atoms with E-state index >= 15 is 0 Å². The van der Waals surface area contributed by atoms with Gasteiger partial charge in [-0.1, -0.05) is 6.07 Å². The number of benzene rings is 1. The van der Waals surface area contributed by atoms with E-state index in [4.69, 9.17) is 15.2 Å². The highest BCUT2D eigenvalue weighted by Gasteiger charge is 2.56. The maximum atomic E-state index is 13.8. The summed E-state index contributed by atoms with van der Waals surface area (Å²) in [6.45, 7) is 7.20. The highest BCUT2D eigenvalue weighted by Crippen LogP contribution is 2.50. The van der Waals surface area contributed by atoms with Crippen LogP contribution in [0.25, 0.3) is 22.0 Å². The van der Waals surface area contributed by atoms with Crippen LogP contribution in [0.5, 0.6) is 0 Å². The number of nitrogens with two attached hydrogens (primary N) is 1. The first-order valence-electron chi connectivity index (χ1n) is 17.0. The van der Waals surface area contributed by atoms with Gasteiger partial charge in [-0.05, 0) is 82.9 Å². The number of carbonyl (C=O) groups is 4. The zero-order valence-corrected chi connectivity index (χ0v) is 30.4. The maximum Gasteiger partial charge on any atom is 0.248 e. The smallest absolute Gasteiger partial charge is 0.248 e. The SMILES string of the molecule is CC(=O)c1nn(CC(=O)N2C[C@H]3C[C@H]3[C@H]2C(=O)Nc2nc(Br)ccc2C)c2c(C)cc(-c3cnc(CCC(=O)COCCOCCN)nc3)cc12. The summed E-state index contributed by atoms with van der Waals surface area (Å²) in [5.41, 5.74) is 9.44. The van der Waals surface area contributed by atoms with Gasteiger partial charge in [0.1, 0.15) is 41.1 Å². The number of ketones is 2. The quantitative estimate of drug-likeness (QED) is 0.0969. The molecule has 268 valence electrons. The molecule has 1 aliphatic carbocycles. The minimum atomic E-state index is -0.606. The van der Waals surface area contributed by atoms with E-state index in [2.05, 4.69) is 41.3 Å². The fourth-order valence-electron chi connectivity index (χ4n) is 6.61. The van der Waals surface area contributed by atoms with Crippen molar-refractivity contribution in [1.82, 2.24) is 29.6 Å². The topological polar surface area (TPSA) is 185 Å². The summed E-state index contributed by atoms with van der Waals surface area (Å²) in [5.74, 6) is 0.591. The van der Waals surface area contributed by atoms with Crippen molar-refractivity contribution in [1.29, 1.82) is 0 Å². The Morgan fingerprint density at radius 1 is 1.02 bits per heavy atom. The van der Waals surface area contributed by atoms with Crippen molar-refractivity contribution in [2.24, 2.45) is 17.6 Å². The molecule has 0 spiro atoms. The minimum Gasteiger partial charge on any atom is -0.378 e. The normalized spacial score (nSPS) is 17.8. The second-order valence-corrected chi connectivity index (χ2v) is 13.9. The van der Waals surface area contributed by atoms with Gasteiger partial charge in [-0.15, -0.1) is 0 Å². The number of likely N-dealkylation sites (tertiary alicyclic amines) is 1. The third kappa shape index (κ3) is 8.38. The summed E-state index contributed by atoms with van der Waals surface area (Å²) in [4.78, 5) is 67.3. The molecule has 15 heteroatoms. The van der Waals surface area contributed by atoms with Crippen molar-refractivity contribution < 1.29 is 28.7 Å². The first-order valence-corrected chi connectivity index (χ1v) is 17.8. The lowest BCUT2D eigenvalue weighted by Gasteiger charge is -2.27. The zero-order chi connectivity index (χ0) is 36.2. The molecule has 0 bridgehead atoms. The van der Waals surface area contributed by atoms with Crippen LogP contribution in [0.3, 0.4) is 0 Å². The number of aryl methyl sites for hydroxylation is 3. The Bertz CT molecular complexity index is 1970. The molecule has 1 saturated carbocycles. The van der Waals surface area contributed by atoms with Crippen LogP contribution in [0, 0.1) is 25.7 Å². The number of pyridine rings is 1. The first kappa shape index (κ1) is 36.4. The number of nitrogens with zero attached hydrogens (tertiary/aromatic N) is 6. The monoisotopic (exact) mass is 760 g/mol. The molecule has 2 amide bonds. The number of Topliss-reactive ketones (excluding diaryl/α,β-unsaturated/α-hetero) is 2. The second-order valence-electron chi connectivity index (χ2n) is 13.1. The van der Waals surface area contributed by atoms with Gasteiger partial charge < -0.3 is 25.4 Å². The summed E-state index contributed by atoms with van der Waals surface area (Å²) in [5, 5.41) is 8.14. The van der Waals surface area contributed by atoms with Crippen molar-refractivity contribution in [3.8, 4) is 11.1 Å². The highest BCUT2D eigenvalue weighted by molar-refractivity contribution is 9.10. The van der Waals surface area contributed by atoms with Gasteiger partial charge >= 0.3 is 0 Å². The van der Waals surface area contributed by atoms with E-state index in [-0.39, 0.29) is 60.5 Å². The molecule has 0 unspecified atom stereocenters. The molecule has 1 aliphatic heterocycles. The molecular formula is C36H41BrN8O6. The molecular weight excluding hydrogens is 720 g/mol. The number of carbonyl (C=O) groups excluding carboxylic acids is 4. The third-order valence-corrected chi connectivity index (χ3v) is 9.70. The number of aromatic nitrogens is 5. The minimum absolute atomic E-state index is 0.000108. The van der Waals surface area contributed by atoms with Gasteiger partial charge in [-0.3, -0.25) is 23.9 Å². The molecule has 0 radical (unpaired) electrons. The Hall–Kier alpha value is -4.44. The third-order valence-electron chi connectivity index (χ3n) is 9.26. The van der Waals surface area contributed by atoms with Gasteiger partial charge in [-0.25, -0.2) is 15.0 Å². The van der Waals surface area contributed by atoms with Crippen molar-refractivity contribution in [3.63, 3.8) is 0 Å². The molecule has 3 aromatic heterocycles. The number of fused-ring (bicyclic) bond motifs is 2. The Labute approximate surface area is 303 Å². The molecule has 3 atom stereocenters. The fraction of sp³-hybridized carbons (Fsp3) is 0.444. The van der Waals surface area contributed by atoms with Gasteiger partial charge in [0, 0.05) is 56.2 Å². The summed E-state index contributed by atoms with van der Waals surface area (Å²) < 4.78 is 12.8. The molecule has 2 fully saturated rings.